The van der Waals surface area contributed by atoms with Gasteiger partial charge >= 0.3 is 11.9 Å². The predicted octanol–water partition coefficient (Wildman–Crippen LogP) is 5.18. The van der Waals surface area contributed by atoms with Crippen molar-refractivity contribution in [1.82, 2.24) is 26.6 Å². The molecule has 0 saturated carbocycles. The number of unbranched alkanes of at least 4 members (excludes halogenated alkanes) is 15. The summed E-state index contributed by atoms with van der Waals surface area (Å²) >= 11 is 1.42. The number of rotatable bonds is 49. The van der Waals surface area contributed by atoms with Gasteiger partial charge in [0.15, 0.2) is 5.78 Å². The van der Waals surface area contributed by atoms with Crippen LogP contribution in [-0.2, 0) is 52.5 Å². The Hall–Kier alpha value is -3.36. The van der Waals surface area contributed by atoms with Gasteiger partial charge in [-0.05, 0) is 19.3 Å². The average molecular weight is 976 g/mol. The Balaban J connectivity index is 3.68. The molecule has 7 N–H and O–H groups in total. The van der Waals surface area contributed by atoms with E-state index < -0.39 is 18.0 Å². The van der Waals surface area contributed by atoms with Crippen molar-refractivity contribution in [3.05, 3.63) is 0 Å². The van der Waals surface area contributed by atoms with Crippen molar-refractivity contribution in [1.29, 1.82) is 0 Å². The van der Waals surface area contributed by atoms with Crippen molar-refractivity contribution >= 4 is 53.1 Å². The number of carbonyl (C=O) groups excluding carboxylic acids is 5. The number of carboxylic acids is 2. The van der Waals surface area contributed by atoms with Crippen LogP contribution in [0.25, 0.3) is 0 Å². The lowest BCUT2D eigenvalue weighted by Crippen LogP contribution is -2.44. The van der Waals surface area contributed by atoms with Gasteiger partial charge in [-0.15, -0.1) is 11.8 Å². The molecule has 67 heavy (non-hydrogen) atoms. The van der Waals surface area contributed by atoms with Gasteiger partial charge in [0.05, 0.1) is 58.0 Å². The molecule has 0 saturated heterocycles. The van der Waals surface area contributed by atoms with Gasteiger partial charge in [-0.2, -0.15) is 0 Å². The largest absolute Gasteiger partial charge is 0.481 e. The quantitative estimate of drug-likeness (QED) is 0.0388. The third kappa shape index (κ3) is 43.7. The van der Waals surface area contributed by atoms with Crippen molar-refractivity contribution in [2.24, 2.45) is 5.92 Å². The van der Waals surface area contributed by atoms with Crippen LogP contribution in [0.2, 0.25) is 0 Å². The molecule has 390 valence electrons. The summed E-state index contributed by atoms with van der Waals surface area (Å²) in [5, 5.41) is 32.2. The van der Waals surface area contributed by atoms with Gasteiger partial charge in [0.1, 0.15) is 12.6 Å². The number of hydrogen-bond donors (Lipinski definition) is 7. The molecule has 0 aromatic rings. The van der Waals surface area contributed by atoms with E-state index >= 15 is 0 Å². The molecule has 0 aliphatic carbocycles. The first-order valence-electron chi connectivity index (χ1n) is 24.9. The molecule has 4 amide bonds. The van der Waals surface area contributed by atoms with Crippen LogP contribution in [0.15, 0.2) is 0 Å². The summed E-state index contributed by atoms with van der Waals surface area (Å²) in [7, 11) is 0. The van der Waals surface area contributed by atoms with E-state index in [-0.39, 0.29) is 112 Å². The lowest BCUT2D eigenvalue weighted by Gasteiger charge is -2.21. The summed E-state index contributed by atoms with van der Waals surface area (Å²) in [5.41, 5.74) is 0. The molecular weight excluding hydrogens is 887 g/mol. The standard InChI is InChI=1S/C48H89N5O13S/c1-38(2)47(60)41(52-39(3)4)36-67-37-45(57)51-27-30-64-32-31-63-29-26-50-44(56)35-66-34-33-65-28-25-49-42(54)24-23-40(48(61)62)53-43(55)21-19-17-15-13-11-9-7-5-6-8-10-12-14-16-18-20-22-46(58)59/h38-41,52H,5-37H2,1-4H3,(H,49,54)(H,50,56)(H,51,57)(H,53,55)(H,58,59)(H,61,62)/t40-,41-/m0/s1. The van der Waals surface area contributed by atoms with Crippen molar-refractivity contribution in [3.63, 3.8) is 0 Å². The van der Waals surface area contributed by atoms with E-state index in [4.69, 9.17) is 24.1 Å². The molecule has 0 aromatic heterocycles. The van der Waals surface area contributed by atoms with Gasteiger partial charge < -0.3 is 55.7 Å². The Morgan fingerprint density at radius 2 is 0.910 bits per heavy atom. The number of ketones is 1. The molecule has 0 heterocycles. The zero-order valence-corrected chi connectivity index (χ0v) is 42.3. The van der Waals surface area contributed by atoms with Crippen LogP contribution in [0, 0.1) is 5.92 Å². The maximum Gasteiger partial charge on any atom is 0.326 e. The Kier molecular flexibility index (Phi) is 42.8. The third-order valence-corrected chi connectivity index (χ3v) is 11.5. The fraction of sp³-hybridized carbons (Fsp3) is 0.854. The molecule has 0 aromatic carbocycles. The van der Waals surface area contributed by atoms with Crippen molar-refractivity contribution in [2.45, 2.75) is 174 Å². The summed E-state index contributed by atoms with van der Waals surface area (Å²) in [4.78, 5) is 83.3. The molecule has 19 heteroatoms. The molecule has 0 radical (unpaired) electrons. The average Bonchev–Trinajstić information content (AvgIpc) is 3.27. The summed E-state index contributed by atoms with van der Waals surface area (Å²) in [6.07, 6.45) is 18.3. The summed E-state index contributed by atoms with van der Waals surface area (Å²) in [6, 6.07) is -1.24. The van der Waals surface area contributed by atoms with Crippen LogP contribution in [0.3, 0.4) is 0 Å². The van der Waals surface area contributed by atoms with Crippen molar-refractivity contribution in [3.8, 4) is 0 Å². The molecule has 0 unspecified atom stereocenters. The predicted molar refractivity (Wildman–Crippen MR) is 261 cm³/mol. The second-order valence-corrected chi connectivity index (χ2v) is 18.5. The second kappa shape index (κ2) is 45.1. The minimum Gasteiger partial charge on any atom is -0.481 e. The maximum atomic E-state index is 12.4. The van der Waals surface area contributed by atoms with Crippen LogP contribution < -0.4 is 26.6 Å². The monoisotopic (exact) mass is 976 g/mol. The van der Waals surface area contributed by atoms with Gasteiger partial charge in [0.25, 0.3) is 0 Å². The number of thioether (sulfide) groups is 1. The topological polar surface area (TPSA) is 257 Å². The van der Waals surface area contributed by atoms with Crippen molar-refractivity contribution in [2.75, 3.05) is 84.0 Å². The lowest BCUT2D eigenvalue weighted by molar-refractivity contribution is -0.142. The van der Waals surface area contributed by atoms with E-state index in [1.807, 2.05) is 27.7 Å². The molecule has 0 aliphatic rings. The van der Waals surface area contributed by atoms with Crippen LogP contribution >= 0.6 is 11.8 Å². The fourth-order valence-corrected chi connectivity index (χ4v) is 7.71. The number of nitrogens with one attached hydrogen (secondary N) is 5. The van der Waals surface area contributed by atoms with E-state index in [1.54, 1.807) is 0 Å². The molecular formula is C48H89N5O13S. The highest BCUT2D eigenvalue weighted by Gasteiger charge is 2.23. The SMILES string of the molecule is CC(C)N[C@@H](CSCC(=O)NCCOCCOCCNC(=O)COCCOCCNC(=O)CC[C@H](NC(=O)CCCCCCCCCCCCCCCCCCC(=O)O)C(=O)O)C(=O)C(C)C. The van der Waals surface area contributed by atoms with Crippen LogP contribution in [0.5, 0.6) is 0 Å². The summed E-state index contributed by atoms with van der Waals surface area (Å²) in [5.74, 6) is -2.11. The zero-order chi connectivity index (χ0) is 49.8. The Bertz CT molecular complexity index is 1330. The number of hydrogen-bond acceptors (Lipinski definition) is 13. The first kappa shape index (κ1) is 63.6. The normalized spacial score (nSPS) is 12.2. The molecule has 0 bridgehead atoms. The van der Waals surface area contributed by atoms with Gasteiger partial charge in [-0.25, -0.2) is 4.79 Å². The number of carboxylic acid groups (broad SMARTS) is 2. The molecule has 2 atom stereocenters. The van der Waals surface area contributed by atoms with Gasteiger partial charge in [0, 0.05) is 56.6 Å². The minimum absolute atomic E-state index is 0.0217. The lowest BCUT2D eigenvalue weighted by atomic mass is 10.0. The van der Waals surface area contributed by atoms with E-state index in [2.05, 4.69) is 26.6 Å². The van der Waals surface area contributed by atoms with E-state index in [0.717, 1.165) is 38.5 Å². The van der Waals surface area contributed by atoms with E-state index in [1.165, 1.54) is 69.5 Å². The summed E-state index contributed by atoms with van der Waals surface area (Å²) in [6.45, 7) is 10.3. The fourth-order valence-electron chi connectivity index (χ4n) is 6.81. The van der Waals surface area contributed by atoms with Crippen LogP contribution in [0.4, 0.5) is 0 Å². The number of aliphatic carboxylic acids is 2. The Labute approximate surface area is 405 Å². The molecule has 18 nitrogen and oxygen atoms in total. The molecule has 0 rings (SSSR count). The highest BCUT2D eigenvalue weighted by atomic mass is 32.2. The van der Waals surface area contributed by atoms with E-state index in [0.29, 0.717) is 51.7 Å². The maximum absolute atomic E-state index is 12.4. The van der Waals surface area contributed by atoms with Crippen LogP contribution in [-0.4, -0.2) is 154 Å². The van der Waals surface area contributed by atoms with E-state index in [9.17, 15) is 38.7 Å². The molecule has 0 aliphatic heterocycles. The first-order chi connectivity index (χ1) is 32.2. The Morgan fingerprint density at radius 1 is 0.478 bits per heavy atom. The number of carbonyl (C=O) groups is 7. The number of ether oxygens (including phenoxy) is 4. The van der Waals surface area contributed by atoms with Gasteiger partial charge in [0.2, 0.25) is 23.6 Å². The van der Waals surface area contributed by atoms with Crippen LogP contribution in [0.1, 0.15) is 156 Å². The third-order valence-electron chi connectivity index (χ3n) is 10.5. The smallest absolute Gasteiger partial charge is 0.326 e. The zero-order valence-electron chi connectivity index (χ0n) is 41.4. The highest BCUT2D eigenvalue weighted by molar-refractivity contribution is 8.00. The highest BCUT2D eigenvalue weighted by Crippen LogP contribution is 2.15. The number of Topliss-reactive ketones (excluding diaryl/α,β-unsaturated/α-hetero) is 1. The summed E-state index contributed by atoms with van der Waals surface area (Å²) < 4.78 is 21.6. The first-order valence-corrected chi connectivity index (χ1v) is 26.1. The van der Waals surface area contributed by atoms with Gasteiger partial charge in [-0.3, -0.25) is 28.8 Å². The Morgan fingerprint density at radius 3 is 1.36 bits per heavy atom. The number of amides is 4. The molecule has 0 fully saturated rings. The van der Waals surface area contributed by atoms with Crippen molar-refractivity contribution < 1.29 is 62.7 Å². The second-order valence-electron chi connectivity index (χ2n) is 17.4. The minimum atomic E-state index is -1.18. The molecule has 0 spiro atoms. The van der Waals surface area contributed by atoms with Gasteiger partial charge in [-0.1, -0.05) is 118 Å².